The third kappa shape index (κ3) is 3.71. The monoisotopic (exact) mass is 256 g/mol. The number of carbonyl (C=O) groups excluding carboxylic acids is 1. The maximum Gasteiger partial charge on any atom is 0.312 e. The van der Waals surface area contributed by atoms with Gasteiger partial charge in [0.25, 0.3) is 0 Å². The first-order chi connectivity index (χ1) is 8.40. The van der Waals surface area contributed by atoms with Crippen molar-refractivity contribution in [2.45, 2.75) is 65.4 Å². The fourth-order valence-electron chi connectivity index (χ4n) is 3.18. The zero-order valence-electron chi connectivity index (χ0n) is 12.2. The van der Waals surface area contributed by atoms with Crippen molar-refractivity contribution in [1.82, 2.24) is 0 Å². The van der Waals surface area contributed by atoms with Crippen LogP contribution in [0, 0.1) is 17.8 Å². The predicted molar refractivity (Wildman–Crippen MR) is 72.2 cm³/mol. The number of esters is 1. The highest BCUT2D eigenvalue weighted by atomic mass is 16.5. The summed E-state index contributed by atoms with van der Waals surface area (Å²) in [5.41, 5.74) is -0.870. The van der Waals surface area contributed by atoms with Crippen LogP contribution in [0.3, 0.4) is 0 Å². The minimum Gasteiger partial charge on any atom is -0.466 e. The van der Waals surface area contributed by atoms with E-state index in [1.54, 1.807) is 0 Å². The minimum atomic E-state index is -0.870. The van der Waals surface area contributed by atoms with Gasteiger partial charge >= 0.3 is 5.97 Å². The van der Waals surface area contributed by atoms with Gasteiger partial charge in [0, 0.05) is 0 Å². The predicted octanol–water partition coefficient (Wildman–Crippen LogP) is 3.15. The molecule has 106 valence electrons. The smallest absolute Gasteiger partial charge is 0.312 e. The van der Waals surface area contributed by atoms with Crippen LogP contribution in [0.15, 0.2) is 0 Å². The van der Waals surface area contributed by atoms with E-state index in [9.17, 15) is 9.90 Å². The Morgan fingerprint density at radius 3 is 2.61 bits per heavy atom. The van der Waals surface area contributed by atoms with Crippen LogP contribution >= 0.6 is 0 Å². The third-order valence-electron chi connectivity index (χ3n) is 4.16. The summed E-state index contributed by atoms with van der Waals surface area (Å²) < 4.78 is 5.15. The Kier molecular flexibility index (Phi) is 5.64. The summed E-state index contributed by atoms with van der Waals surface area (Å²) in [4.78, 5) is 12.1. The number of ether oxygens (including phenoxy) is 1. The van der Waals surface area contributed by atoms with Crippen LogP contribution in [-0.2, 0) is 9.53 Å². The molecule has 1 fully saturated rings. The van der Waals surface area contributed by atoms with E-state index < -0.39 is 5.60 Å². The van der Waals surface area contributed by atoms with Crippen LogP contribution in [0.4, 0.5) is 0 Å². The van der Waals surface area contributed by atoms with Crippen LogP contribution in [0.2, 0.25) is 0 Å². The van der Waals surface area contributed by atoms with E-state index in [1.165, 1.54) is 0 Å². The molecule has 1 N–H and O–H groups in total. The first-order valence-corrected chi connectivity index (χ1v) is 7.29. The number of aliphatic hydroxyl groups is 1. The molecule has 0 bridgehead atoms. The van der Waals surface area contributed by atoms with E-state index in [0.29, 0.717) is 12.5 Å². The third-order valence-corrected chi connectivity index (χ3v) is 4.16. The van der Waals surface area contributed by atoms with Crippen molar-refractivity contribution in [2.24, 2.45) is 17.8 Å². The van der Waals surface area contributed by atoms with Crippen molar-refractivity contribution >= 4 is 5.97 Å². The molecule has 18 heavy (non-hydrogen) atoms. The van der Waals surface area contributed by atoms with Gasteiger partial charge in [-0.05, 0) is 38.0 Å². The zero-order valence-corrected chi connectivity index (χ0v) is 12.2. The molecule has 3 atom stereocenters. The average Bonchev–Trinajstić information content (AvgIpc) is 2.41. The second kappa shape index (κ2) is 6.55. The van der Waals surface area contributed by atoms with Gasteiger partial charge in [-0.2, -0.15) is 0 Å². The Hall–Kier alpha value is -0.570. The lowest BCUT2D eigenvalue weighted by molar-refractivity contribution is -0.163. The van der Waals surface area contributed by atoms with Crippen LogP contribution in [0.1, 0.15) is 59.8 Å². The van der Waals surface area contributed by atoms with Crippen molar-refractivity contribution in [3.8, 4) is 0 Å². The lowest BCUT2D eigenvalue weighted by atomic mass is 9.75. The van der Waals surface area contributed by atoms with Crippen molar-refractivity contribution in [3.05, 3.63) is 0 Å². The summed E-state index contributed by atoms with van der Waals surface area (Å²) in [6.45, 7) is 8.41. The highest BCUT2D eigenvalue weighted by molar-refractivity contribution is 5.74. The summed E-state index contributed by atoms with van der Waals surface area (Å²) in [6.07, 6.45) is 4.59. The van der Waals surface area contributed by atoms with Crippen LogP contribution in [-0.4, -0.2) is 23.3 Å². The van der Waals surface area contributed by atoms with E-state index in [2.05, 4.69) is 6.92 Å². The summed E-state index contributed by atoms with van der Waals surface area (Å²) in [5.74, 6) is 0.142. The van der Waals surface area contributed by atoms with E-state index in [1.807, 2.05) is 20.8 Å². The van der Waals surface area contributed by atoms with Gasteiger partial charge in [0.15, 0.2) is 0 Å². The molecular formula is C15H28O3. The Bertz CT molecular complexity index is 275. The van der Waals surface area contributed by atoms with Gasteiger partial charge in [0.05, 0.1) is 18.1 Å². The SMILES string of the molecule is CCOC(=O)C(C(C)C)C1(O)CCCC(C)CC1. The molecule has 1 aliphatic carbocycles. The van der Waals surface area contributed by atoms with Crippen molar-refractivity contribution in [1.29, 1.82) is 0 Å². The second-order valence-electron chi connectivity index (χ2n) is 6.11. The fourth-order valence-corrected chi connectivity index (χ4v) is 3.18. The summed E-state index contributed by atoms with van der Waals surface area (Å²) in [7, 11) is 0. The number of rotatable bonds is 4. The van der Waals surface area contributed by atoms with Crippen LogP contribution in [0.25, 0.3) is 0 Å². The largest absolute Gasteiger partial charge is 0.466 e. The number of carbonyl (C=O) groups is 1. The molecular weight excluding hydrogens is 228 g/mol. The molecule has 0 aliphatic heterocycles. The van der Waals surface area contributed by atoms with Gasteiger partial charge < -0.3 is 9.84 Å². The molecule has 0 aromatic rings. The van der Waals surface area contributed by atoms with E-state index in [4.69, 9.17) is 4.74 Å². The van der Waals surface area contributed by atoms with Crippen molar-refractivity contribution in [3.63, 3.8) is 0 Å². The minimum absolute atomic E-state index is 0.113. The van der Waals surface area contributed by atoms with Gasteiger partial charge in [0.2, 0.25) is 0 Å². The van der Waals surface area contributed by atoms with Gasteiger partial charge in [-0.25, -0.2) is 0 Å². The Morgan fingerprint density at radius 2 is 2.06 bits per heavy atom. The van der Waals surface area contributed by atoms with Gasteiger partial charge in [-0.1, -0.05) is 33.6 Å². The maximum absolute atomic E-state index is 12.1. The normalized spacial score (nSPS) is 30.9. The fraction of sp³-hybridized carbons (Fsp3) is 0.933. The molecule has 0 heterocycles. The Labute approximate surface area is 111 Å². The first-order valence-electron chi connectivity index (χ1n) is 7.29. The van der Waals surface area contributed by atoms with Crippen molar-refractivity contribution < 1.29 is 14.6 Å². The molecule has 1 rings (SSSR count). The summed E-state index contributed by atoms with van der Waals surface area (Å²) in [6, 6.07) is 0. The van der Waals surface area contributed by atoms with Crippen LogP contribution < -0.4 is 0 Å². The highest BCUT2D eigenvalue weighted by Crippen LogP contribution is 2.39. The molecule has 0 radical (unpaired) electrons. The van der Waals surface area contributed by atoms with E-state index in [-0.39, 0.29) is 17.8 Å². The van der Waals surface area contributed by atoms with E-state index in [0.717, 1.165) is 32.1 Å². The number of hydrogen-bond acceptors (Lipinski definition) is 3. The quantitative estimate of drug-likeness (QED) is 0.621. The Morgan fingerprint density at radius 1 is 1.39 bits per heavy atom. The molecule has 3 heteroatoms. The molecule has 0 spiro atoms. The molecule has 0 aromatic carbocycles. The number of hydrogen-bond donors (Lipinski definition) is 1. The molecule has 3 unspecified atom stereocenters. The first kappa shape index (κ1) is 15.5. The molecule has 0 saturated heterocycles. The molecule has 3 nitrogen and oxygen atoms in total. The Balaban J connectivity index is 2.85. The van der Waals surface area contributed by atoms with Gasteiger partial charge in [-0.15, -0.1) is 0 Å². The topological polar surface area (TPSA) is 46.5 Å². The standard InChI is InChI=1S/C15H28O3/c1-5-18-14(16)13(11(2)3)15(17)9-6-7-12(4)8-10-15/h11-13,17H,5-10H2,1-4H3. The lowest BCUT2D eigenvalue weighted by Gasteiger charge is -2.36. The molecule has 1 aliphatic rings. The van der Waals surface area contributed by atoms with E-state index >= 15 is 0 Å². The van der Waals surface area contributed by atoms with Crippen molar-refractivity contribution in [2.75, 3.05) is 6.61 Å². The summed E-state index contributed by atoms with van der Waals surface area (Å²) in [5, 5.41) is 10.9. The van der Waals surface area contributed by atoms with Crippen LogP contribution in [0.5, 0.6) is 0 Å². The average molecular weight is 256 g/mol. The lowest BCUT2D eigenvalue weighted by Crippen LogP contribution is -2.45. The highest BCUT2D eigenvalue weighted by Gasteiger charge is 2.44. The second-order valence-corrected chi connectivity index (χ2v) is 6.11. The molecule has 0 aromatic heterocycles. The van der Waals surface area contributed by atoms with Gasteiger partial charge in [0.1, 0.15) is 0 Å². The zero-order chi connectivity index (χ0) is 13.8. The maximum atomic E-state index is 12.1. The molecule has 1 saturated carbocycles. The summed E-state index contributed by atoms with van der Waals surface area (Å²) >= 11 is 0. The van der Waals surface area contributed by atoms with Gasteiger partial charge in [-0.3, -0.25) is 4.79 Å². The molecule has 0 amide bonds.